The van der Waals surface area contributed by atoms with Gasteiger partial charge in [0.25, 0.3) is 5.56 Å². The molecule has 0 aliphatic rings. The van der Waals surface area contributed by atoms with E-state index in [0.717, 1.165) is 21.4 Å². The number of benzene rings is 2. The number of aryl methyl sites for hydroxylation is 2. The van der Waals surface area contributed by atoms with E-state index in [1.165, 1.54) is 0 Å². The second-order valence-corrected chi connectivity index (χ2v) is 8.19. The number of aromatic nitrogens is 2. The Morgan fingerprint density at radius 3 is 2.16 bits per heavy atom. The number of amides is 2. The minimum Gasteiger partial charge on any atom is -0.324 e. The summed E-state index contributed by atoms with van der Waals surface area (Å²) in [7, 11) is 0. The van der Waals surface area contributed by atoms with Crippen molar-refractivity contribution in [1.29, 1.82) is 0 Å². The predicted molar refractivity (Wildman–Crippen MR) is 127 cm³/mol. The molecule has 0 bridgehead atoms. The van der Waals surface area contributed by atoms with Crippen LogP contribution in [-0.4, -0.2) is 21.6 Å². The fourth-order valence-corrected chi connectivity index (χ4v) is 3.19. The molecule has 0 fully saturated rings. The van der Waals surface area contributed by atoms with Crippen molar-refractivity contribution < 1.29 is 9.59 Å². The summed E-state index contributed by atoms with van der Waals surface area (Å²) in [5.41, 5.74) is 3.48. The van der Waals surface area contributed by atoms with E-state index in [4.69, 9.17) is 0 Å². The number of nitrogens with zero attached hydrogens (tertiary/aromatic N) is 2. The van der Waals surface area contributed by atoms with Gasteiger partial charge in [-0.25, -0.2) is 4.68 Å². The van der Waals surface area contributed by atoms with Gasteiger partial charge in [0.15, 0.2) is 0 Å². The average molecular weight is 433 g/mol. The lowest BCUT2D eigenvalue weighted by atomic mass is 10.1. The summed E-state index contributed by atoms with van der Waals surface area (Å²) in [5.74, 6) is -0.967. The van der Waals surface area contributed by atoms with Crippen LogP contribution in [0, 0.1) is 19.8 Å². The second-order valence-electron chi connectivity index (χ2n) is 8.19. The van der Waals surface area contributed by atoms with Crippen LogP contribution in [0.1, 0.15) is 37.9 Å². The first kappa shape index (κ1) is 22.9. The van der Waals surface area contributed by atoms with Gasteiger partial charge in [-0.05, 0) is 38.5 Å². The van der Waals surface area contributed by atoms with Crippen molar-refractivity contribution >= 4 is 23.2 Å². The molecule has 0 aliphatic carbocycles. The van der Waals surface area contributed by atoms with Crippen LogP contribution in [0.5, 0.6) is 0 Å². The van der Waals surface area contributed by atoms with Crippen molar-refractivity contribution in [3.63, 3.8) is 0 Å². The number of anilines is 2. The highest BCUT2D eigenvalue weighted by molar-refractivity contribution is 5.94. The third kappa shape index (κ3) is 5.11. The molecule has 0 saturated heterocycles. The molecule has 1 aromatic heterocycles. The topological polar surface area (TPSA) is 93.1 Å². The molecule has 2 amide bonds. The van der Waals surface area contributed by atoms with Crippen molar-refractivity contribution in [3.8, 4) is 11.3 Å². The van der Waals surface area contributed by atoms with Gasteiger partial charge >= 0.3 is 0 Å². The van der Waals surface area contributed by atoms with E-state index in [2.05, 4.69) is 15.7 Å². The Balaban J connectivity index is 2.02. The van der Waals surface area contributed by atoms with Gasteiger partial charge in [-0.2, -0.15) is 5.10 Å². The van der Waals surface area contributed by atoms with Gasteiger partial charge in [-0.1, -0.05) is 61.9 Å². The van der Waals surface area contributed by atoms with Crippen LogP contribution in [0.3, 0.4) is 0 Å². The molecule has 3 aromatic rings. The van der Waals surface area contributed by atoms with Crippen LogP contribution in [0.2, 0.25) is 0 Å². The summed E-state index contributed by atoms with van der Waals surface area (Å²) in [6.07, 6.45) is 0. The van der Waals surface area contributed by atoms with Crippen LogP contribution in [0.15, 0.2) is 59.4 Å². The quantitative estimate of drug-likeness (QED) is 0.607. The molecule has 32 heavy (non-hydrogen) atoms. The van der Waals surface area contributed by atoms with Crippen molar-refractivity contribution in [2.24, 2.45) is 5.92 Å². The van der Waals surface area contributed by atoms with E-state index < -0.39 is 11.6 Å². The van der Waals surface area contributed by atoms with Crippen molar-refractivity contribution in [2.75, 3.05) is 10.6 Å². The standard InChI is InChI=1S/C25H28N4O3/c1-15(2)23(30)27-22-14-21(19-9-7-6-8-10-19)28-29(25(22)32)18(5)24(31)26-20-12-11-16(3)13-17(20)4/h6-15,18H,1-5H3,(H,26,31)(H,27,30)/t18-/m0/s1. The summed E-state index contributed by atoms with van der Waals surface area (Å²) in [5, 5.41) is 10.00. The number of carbonyl (C=O) groups is 2. The first-order valence-electron chi connectivity index (χ1n) is 10.6. The number of rotatable bonds is 6. The van der Waals surface area contributed by atoms with Gasteiger partial charge in [0.1, 0.15) is 11.7 Å². The van der Waals surface area contributed by atoms with Crippen molar-refractivity contribution in [2.45, 2.75) is 40.7 Å². The average Bonchev–Trinajstić information content (AvgIpc) is 2.77. The van der Waals surface area contributed by atoms with Gasteiger partial charge in [0.05, 0.1) is 5.69 Å². The Morgan fingerprint density at radius 2 is 1.53 bits per heavy atom. The monoisotopic (exact) mass is 432 g/mol. The summed E-state index contributed by atoms with van der Waals surface area (Å²) in [6.45, 7) is 8.98. The normalized spacial score (nSPS) is 11.8. The molecule has 0 aliphatic heterocycles. The van der Waals surface area contributed by atoms with Crippen molar-refractivity contribution in [1.82, 2.24) is 9.78 Å². The molecule has 2 N–H and O–H groups in total. The zero-order valence-electron chi connectivity index (χ0n) is 19.0. The largest absolute Gasteiger partial charge is 0.324 e. The highest BCUT2D eigenvalue weighted by Crippen LogP contribution is 2.21. The van der Waals surface area contributed by atoms with E-state index in [0.29, 0.717) is 11.4 Å². The zero-order valence-corrected chi connectivity index (χ0v) is 19.0. The van der Waals surface area contributed by atoms with E-state index in [1.807, 2.05) is 62.4 Å². The lowest BCUT2D eigenvalue weighted by Gasteiger charge is -2.18. The van der Waals surface area contributed by atoms with Crippen LogP contribution in [0.25, 0.3) is 11.3 Å². The summed E-state index contributed by atoms with van der Waals surface area (Å²) in [4.78, 5) is 38.4. The van der Waals surface area contributed by atoms with E-state index in [1.54, 1.807) is 26.8 Å². The molecule has 7 nitrogen and oxygen atoms in total. The van der Waals surface area contributed by atoms with Gasteiger partial charge in [-0.3, -0.25) is 14.4 Å². The Bertz CT molecular complexity index is 1200. The Kier molecular flexibility index (Phi) is 6.88. The summed E-state index contributed by atoms with van der Waals surface area (Å²) in [6, 6.07) is 15.7. The van der Waals surface area contributed by atoms with Crippen LogP contribution < -0.4 is 16.2 Å². The van der Waals surface area contributed by atoms with Gasteiger partial charge in [0.2, 0.25) is 11.8 Å². The Hall–Kier alpha value is -3.74. The van der Waals surface area contributed by atoms with Gasteiger partial charge in [-0.15, -0.1) is 0 Å². The third-order valence-electron chi connectivity index (χ3n) is 5.17. The fourth-order valence-electron chi connectivity index (χ4n) is 3.19. The van der Waals surface area contributed by atoms with E-state index in [-0.39, 0.29) is 23.4 Å². The van der Waals surface area contributed by atoms with Crippen LogP contribution in [-0.2, 0) is 9.59 Å². The Labute approximate surface area is 187 Å². The first-order valence-corrected chi connectivity index (χ1v) is 10.6. The maximum absolute atomic E-state index is 13.1. The van der Waals surface area contributed by atoms with Crippen LogP contribution in [0.4, 0.5) is 11.4 Å². The van der Waals surface area contributed by atoms with E-state index in [9.17, 15) is 14.4 Å². The minimum atomic E-state index is -0.901. The smallest absolute Gasteiger partial charge is 0.291 e. The predicted octanol–water partition coefficient (Wildman–Crippen LogP) is 4.32. The summed E-state index contributed by atoms with van der Waals surface area (Å²) >= 11 is 0. The molecule has 0 unspecified atom stereocenters. The first-order chi connectivity index (χ1) is 15.2. The third-order valence-corrected chi connectivity index (χ3v) is 5.17. The summed E-state index contributed by atoms with van der Waals surface area (Å²) < 4.78 is 1.12. The highest BCUT2D eigenvalue weighted by atomic mass is 16.2. The van der Waals surface area contributed by atoms with Crippen molar-refractivity contribution in [3.05, 3.63) is 76.1 Å². The molecule has 0 spiro atoms. The fraction of sp³-hybridized carbons (Fsp3) is 0.280. The molecule has 0 saturated carbocycles. The minimum absolute atomic E-state index is 0.0868. The number of hydrogen-bond donors (Lipinski definition) is 2. The molecule has 7 heteroatoms. The molecule has 3 rings (SSSR count). The maximum atomic E-state index is 13.1. The lowest BCUT2D eigenvalue weighted by Crippen LogP contribution is -2.36. The van der Waals surface area contributed by atoms with Gasteiger partial charge < -0.3 is 10.6 Å². The molecule has 166 valence electrons. The highest BCUT2D eigenvalue weighted by Gasteiger charge is 2.22. The van der Waals surface area contributed by atoms with Gasteiger partial charge in [0, 0.05) is 17.2 Å². The second kappa shape index (κ2) is 9.60. The van der Waals surface area contributed by atoms with Crippen LogP contribution >= 0.6 is 0 Å². The number of hydrogen-bond acceptors (Lipinski definition) is 4. The molecular formula is C25H28N4O3. The number of nitrogens with one attached hydrogen (secondary N) is 2. The Morgan fingerprint density at radius 1 is 0.875 bits per heavy atom. The SMILES string of the molecule is Cc1ccc(NC(=O)[C@H](C)n2nc(-c3ccccc3)cc(NC(=O)C(C)C)c2=O)c(C)c1. The molecule has 1 heterocycles. The molecule has 0 radical (unpaired) electrons. The number of carbonyl (C=O) groups excluding carboxylic acids is 2. The van der Waals surface area contributed by atoms with E-state index >= 15 is 0 Å². The lowest BCUT2D eigenvalue weighted by molar-refractivity contribution is -0.119. The molecule has 2 aromatic carbocycles. The molecule has 1 atom stereocenters. The molecular weight excluding hydrogens is 404 g/mol. The zero-order chi connectivity index (χ0) is 23.4. The maximum Gasteiger partial charge on any atom is 0.291 e.